The number of aromatic nitrogens is 2. The minimum absolute atomic E-state index is 0.198. The first kappa shape index (κ1) is 20.2. The lowest BCUT2D eigenvalue weighted by molar-refractivity contribution is 0.462. The molecule has 4 N–H and O–H groups in total. The van der Waals surface area contributed by atoms with Crippen LogP contribution in [0.1, 0.15) is 25.0 Å². The monoisotopic (exact) mass is 412 g/mol. The maximum atomic E-state index is 5.79. The van der Waals surface area contributed by atoms with E-state index in [0.29, 0.717) is 23.1 Å². The largest absolute Gasteiger partial charge is 0.439 e. The van der Waals surface area contributed by atoms with Gasteiger partial charge >= 0.3 is 0 Å². The van der Waals surface area contributed by atoms with Crippen molar-refractivity contribution in [1.29, 1.82) is 0 Å². The molecular formula is C25H24N4O2. The fourth-order valence-electron chi connectivity index (χ4n) is 3.19. The molecule has 2 aromatic heterocycles. The van der Waals surface area contributed by atoms with Gasteiger partial charge in [0.1, 0.15) is 11.5 Å². The number of hydrogen-bond acceptors (Lipinski definition) is 6. The lowest BCUT2D eigenvalue weighted by Crippen LogP contribution is -2.18. The first-order chi connectivity index (χ1) is 14.9. The first-order valence-corrected chi connectivity index (χ1v) is 9.90. The summed E-state index contributed by atoms with van der Waals surface area (Å²) in [6.45, 7) is 4.36. The van der Waals surface area contributed by atoms with Gasteiger partial charge < -0.3 is 20.9 Å². The van der Waals surface area contributed by atoms with E-state index >= 15 is 0 Å². The molecule has 0 fully saturated rings. The second kappa shape index (κ2) is 8.36. The van der Waals surface area contributed by atoms with Crippen molar-refractivity contribution in [2.75, 3.05) is 11.5 Å². The Morgan fingerprint density at radius 1 is 0.581 bits per heavy atom. The van der Waals surface area contributed by atoms with Crippen molar-refractivity contribution >= 4 is 11.4 Å². The molecule has 0 saturated heterocycles. The summed E-state index contributed by atoms with van der Waals surface area (Å²) in [6.07, 6.45) is 3.15. The molecule has 0 unspecified atom stereocenters. The molecule has 156 valence electrons. The predicted molar refractivity (Wildman–Crippen MR) is 122 cm³/mol. The average Bonchev–Trinajstić information content (AvgIpc) is 2.78. The molecule has 0 amide bonds. The van der Waals surface area contributed by atoms with Crippen LogP contribution in [0.3, 0.4) is 0 Å². The standard InChI is InChI=1S/C25H24N4O2/c1-25(2,17-3-9-21(10-4-17)30-23-13-7-19(26)15-28-23)18-5-11-22(12-6-18)31-24-14-8-20(27)16-29-24/h3-16H,26-27H2,1-2H3. The molecule has 0 radical (unpaired) electrons. The molecule has 0 saturated carbocycles. The molecule has 2 aromatic carbocycles. The quantitative estimate of drug-likeness (QED) is 0.431. The van der Waals surface area contributed by atoms with Crippen LogP contribution in [0.25, 0.3) is 0 Å². The van der Waals surface area contributed by atoms with E-state index in [4.69, 9.17) is 20.9 Å². The van der Waals surface area contributed by atoms with Gasteiger partial charge in [-0.3, -0.25) is 0 Å². The number of rotatable bonds is 6. The van der Waals surface area contributed by atoms with Crippen molar-refractivity contribution in [2.45, 2.75) is 19.3 Å². The number of hydrogen-bond donors (Lipinski definition) is 2. The van der Waals surface area contributed by atoms with Gasteiger partial charge in [-0.2, -0.15) is 0 Å². The number of nitrogens with zero attached hydrogens (tertiary/aromatic N) is 2. The van der Waals surface area contributed by atoms with Crippen LogP contribution in [0.5, 0.6) is 23.3 Å². The van der Waals surface area contributed by atoms with Gasteiger partial charge in [0.15, 0.2) is 0 Å². The molecule has 2 heterocycles. The molecule has 0 atom stereocenters. The molecule has 6 heteroatoms. The predicted octanol–water partition coefficient (Wildman–Crippen LogP) is 5.55. The zero-order valence-electron chi connectivity index (χ0n) is 17.4. The van der Waals surface area contributed by atoms with E-state index in [0.717, 1.165) is 11.5 Å². The van der Waals surface area contributed by atoms with Gasteiger partial charge in [-0.25, -0.2) is 9.97 Å². The Bertz CT molecular complexity index is 1050. The van der Waals surface area contributed by atoms with Gasteiger partial charge in [-0.15, -0.1) is 0 Å². The van der Waals surface area contributed by atoms with Crippen molar-refractivity contribution in [3.05, 3.63) is 96.3 Å². The number of ether oxygens (including phenoxy) is 2. The SMILES string of the molecule is CC(C)(c1ccc(Oc2ccc(N)cn2)cc1)c1ccc(Oc2ccc(N)cn2)cc1. The van der Waals surface area contributed by atoms with Crippen LogP contribution in [0.4, 0.5) is 11.4 Å². The van der Waals surface area contributed by atoms with Crippen LogP contribution in [-0.4, -0.2) is 9.97 Å². The van der Waals surface area contributed by atoms with Gasteiger partial charge in [0, 0.05) is 17.5 Å². The number of benzene rings is 2. The fraction of sp³-hybridized carbons (Fsp3) is 0.120. The molecule has 31 heavy (non-hydrogen) atoms. The Morgan fingerprint density at radius 2 is 0.968 bits per heavy atom. The number of pyridine rings is 2. The number of nitrogen functional groups attached to an aromatic ring is 2. The Kier molecular flexibility index (Phi) is 5.45. The summed E-state index contributed by atoms with van der Waals surface area (Å²) in [5, 5.41) is 0. The van der Waals surface area contributed by atoms with E-state index in [1.807, 2.05) is 24.3 Å². The van der Waals surface area contributed by atoms with E-state index in [9.17, 15) is 0 Å². The summed E-state index contributed by atoms with van der Waals surface area (Å²) in [4.78, 5) is 8.33. The summed E-state index contributed by atoms with van der Waals surface area (Å²) in [5.41, 5.74) is 14.7. The van der Waals surface area contributed by atoms with Crippen molar-refractivity contribution in [3.63, 3.8) is 0 Å². The maximum Gasteiger partial charge on any atom is 0.219 e. The Morgan fingerprint density at radius 3 is 1.29 bits per heavy atom. The van der Waals surface area contributed by atoms with Gasteiger partial charge in [-0.1, -0.05) is 38.1 Å². The van der Waals surface area contributed by atoms with Gasteiger partial charge in [0.25, 0.3) is 0 Å². The number of anilines is 2. The number of nitrogens with two attached hydrogens (primary N) is 2. The molecule has 0 aliphatic rings. The zero-order valence-corrected chi connectivity index (χ0v) is 17.4. The van der Waals surface area contributed by atoms with Gasteiger partial charge in [0.05, 0.1) is 23.8 Å². The molecular weight excluding hydrogens is 388 g/mol. The minimum Gasteiger partial charge on any atom is -0.439 e. The average molecular weight is 412 g/mol. The van der Waals surface area contributed by atoms with Crippen molar-refractivity contribution in [3.8, 4) is 23.3 Å². The van der Waals surface area contributed by atoms with E-state index < -0.39 is 0 Å². The lowest BCUT2D eigenvalue weighted by Gasteiger charge is -2.26. The summed E-state index contributed by atoms with van der Waals surface area (Å²) in [5.74, 6) is 2.45. The lowest BCUT2D eigenvalue weighted by atomic mass is 9.78. The molecule has 0 spiro atoms. The van der Waals surface area contributed by atoms with Crippen molar-refractivity contribution in [1.82, 2.24) is 9.97 Å². The third-order valence-electron chi connectivity index (χ3n) is 5.12. The molecule has 0 aliphatic carbocycles. The highest BCUT2D eigenvalue weighted by Crippen LogP contribution is 2.34. The van der Waals surface area contributed by atoms with E-state index in [2.05, 4.69) is 48.1 Å². The van der Waals surface area contributed by atoms with Crippen molar-refractivity contribution in [2.24, 2.45) is 0 Å². The molecule has 6 nitrogen and oxygen atoms in total. The zero-order chi connectivity index (χ0) is 21.8. The molecule has 0 aliphatic heterocycles. The highest BCUT2D eigenvalue weighted by molar-refractivity contribution is 5.44. The van der Waals surface area contributed by atoms with Gasteiger partial charge in [-0.05, 0) is 47.5 Å². The topological polar surface area (TPSA) is 96.3 Å². The van der Waals surface area contributed by atoms with Crippen LogP contribution in [0, 0.1) is 0 Å². The first-order valence-electron chi connectivity index (χ1n) is 9.90. The normalized spacial score (nSPS) is 11.2. The van der Waals surface area contributed by atoms with Gasteiger partial charge in [0.2, 0.25) is 11.8 Å². The molecule has 4 aromatic rings. The third-order valence-corrected chi connectivity index (χ3v) is 5.12. The summed E-state index contributed by atoms with van der Waals surface area (Å²) < 4.78 is 11.6. The maximum absolute atomic E-state index is 5.79. The second-order valence-electron chi connectivity index (χ2n) is 7.74. The third kappa shape index (κ3) is 4.75. The van der Waals surface area contributed by atoms with Crippen molar-refractivity contribution < 1.29 is 9.47 Å². The molecule has 0 bridgehead atoms. The fourth-order valence-corrected chi connectivity index (χ4v) is 3.19. The Labute approximate surface area is 181 Å². The smallest absolute Gasteiger partial charge is 0.219 e. The minimum atomic E-state index is -0.198. The van der Waals surface area contributed by atoms with E-state index in [-0.39, 0.29) is 5.41 Å². The highest BCUT2D eigenvalue weighted by atomic mass is 16.5. The highest BCUT2D eigenvalue weighted by Gasteiger charge is 2.23. The van der Waals surface area contributed by atoms with Crippen LogP contribution in [-0.2, 0) is 5.41 Å². The summed E-state index contributed by atoms with van der Waals surface area (Å²) in [7, 11) is 0. The van der Waals surface area contributed by atoms with E-state index in [1.54, 1.807) is 36.7 Å². The molecule has 4 rings (SSSR count). The van der Waals surface area contributed by atoms with Crippen LogP contribution < -0.4 is 20.9 Å². The summed E-state index contributed by atoms with van der Waals surface area (Å²) in [6, 6.07) is 23.0. The Balaban J connectivity index is 1.46. The van der Waals surface area contributed by atoms with Crippen LogP contribution in [0.15, 0.2) is 85.2 Å². The van der Waals surface area contributed by atoms with Crippen LogP contribution >= 0.6 is 0 Å². The van der Waals surface area contributed by atoms with E-state index in [1.165, 1.54) is 11.1 Å². The van der Waals surface area contributed by atoms with Crippen LogP contribution in [0.2, 0.25) is 0 Å². The second-order valence-corrected chi connectivity index (χ2v) is 7.74. The summed E-state index contributed by atoms with van der Waals surface area (Å²) >= 11 is 0. The Hall–Kier alpha value is -4.06.